The van der Waals surface area contributed by atoms with E-state index in [0.717, 1.165) is 36.8 Å². The molecule has 7 heteroatoms. The van der Waals surface area contributed by atoms with Crippen molar-refractivity contribution in [3.63, 3.8) is 0 Å². The van der Waals surface area contributed by atoms with Crippen molar-refractivity contribution in [2.75, 3.05) is 7.11 Å². The average molecular weight is 420 g/mol. The van der Waals surface area contributed by atoms with Crippen molar-refractivity contribution in [3.05, 3.63) is 22.8 Å². The lowest BCUT2D eigenvalue weighted by molar-refractivity contribution is -0.121. The van der Waals surface area contributed by atoms with Crippen LogP contribution in [-0.2, 0) is 9.47 Å². The summed E-state index contributed by atoms with van der Waals surface area (Å²) in [7, 11) is 1.37. The first-order valence-corrected chi connectivity index (χ1v) is 10.5. The molecule has 0 bridgehead atoms. The Labute approximate surface area is 178 Å². The van der Waals surface area contributed by atoms with Crippen LogP contribution in [0.1, 0.15) is 74.9 Å². The topological polar surface area (TPSA) is 83.1 Å². The van der Waals surface area contributed by atoms with Gasteiger partial charge in [-0.15, -0.1) is 0 Å². The van der Waals surface area contributed by atoms with E-state index in [0.29, 0.717) is 17.1 Å². The van der Waals surface area contributed by atoms with E-state index in [1.54, 1.807) is 6.07 Å². The van der Waals surface area contributed by atoms with Gasteiger partial charge < -0.3 is 24.3 Å². The maximum atomic E-state index is 12.1. The predicted octanol–water partition coefficient (Wildman–Crippen LogP) is 4.66. The van der Waals surface area contributed by atoms with Crippen LogP contribution in [0.4, 0.5) is 4.79 Å². The molecule has 0 radical (unpaired) electrons. The van der Waals surface area contributed by atoms with Crippen LogP contribution in [0.5, 0.6) is 11.5 Å². The third kappa shape index (κ3) is 4.50. The molecule has 1 saturated carbocycles. The second-order valence-corrected chi connectivity index (χ2v) is 9.43. The number of aryl methyl sites for hydroxylation is 1. The first-order valence-electron chi connectivity index (χ1n) is 10.5. The number of hydrogen-bond acceptors (Lipinski definition) is 6. The van der Waals surface area contributed by atoms with Gasteiger partial charge in [0, 0.05) is 24.4 Å². The number of benzene rings is 1. The summed E-state index contributed by atoms with van der Waals surface area (Å²) in [6.45, 7) is 11.3. The molecule has 7 nitrogen and oxygen atoms in total. The number of alkyl carbamates (subject to hydrolysis) is 1. The van der Waals surface area contributed by atoms with Gasteiger partial charge in [-0.2, -0.15) is 0 Å². The smallest absolute Gasteiger partial charge is 0.407 e. The second-order valence-electron chi connectivity index (χ2n) is 9.43. The minimum absolute atomic E-state index is 0.0814. The molecule has 1 atom stereocenters. The summed E-state index contributed by atoms with van der Waals surface area (Å²) in [5, 5.41) is 2.97. The average Bonchev–Trinajstić information content (AvgIpc) is 3.03. The third-order valence-corrected chi connectivity index (χ3v) is 5.87. The van der Waals surface area contributed by atoms with Gasteiger partial charge in [-0.3, -0.25) is 0 Å². The van der Waals surface area contributed by atoms with Crippen LogP contribution in [0.25, 0.3) is 0 Å². The molecule has 166 valence electrons. The van der Waals surface area contributed by atoms with Crippen LogP contribution in [0.15, 0.2) is 6.07 Å². The van der Waals surface area contributed by atoms with Gasteiger partial charge in [0.05, 0.1) is 12.7 Å². The number of carbonyl (C=O) groups excluding carboxylic acids is 2. The summed E-state index contributed by atoms with van der Waals surface area (Å²) in [5.74, 6) is 0.290. The summed E-state index contributed by atoms with van der Waals surface area (Å²) in [5.41, 5.74) is 1.56. The number of fused-ring (bicyclic) bond motifs is 1. The lowest BCUT2D eigenvalue weighted by atomic mass is 9.81. The number of carbonyl (C=O) groups is 2. The van der Waals surface area contributed by atoms with E-state index in [9.17, 15) is 9.59 Å². The van der Waals surface area contributed by atoms with Gasteiger partial charge in [-0.25, -0.2) is 9.59 Å². The van der Waals surface area contributed by atoms with Gasteiger partial charge >= 0.3 is 12.1 Å². The quantitative estimate of drug-likeness (QED) is 0.718. The van der Waals surface area contributed by atoms with Crippen molar-refractivity contribution in [1.29, 1.82) is 0 Å². The van der Waals surface area contributed by atoms with Crippen molar-refractivity contribution in [2.45, 2.75) is 84.7 Å². The van der Waals surface area contributed by atoms with E-state index in [1.165, 1.54) is 7.11 Å². The van der Waals surface area contributed by atoms with E-state index in [4.69, 9.17) is 18.9 Å². The molecule has 1 amide bonds. The molecule has 2 aliphatic rings. The van der Waals surface area contributed by atoms with E-state index >= 15 is 0 Å². The van der Waals surface area contributed by atoms with E-state index < -0.39 is 11.4 Å². The zero-order valence-corrected chi connectivity index (χ0v) is 19.0. The summed E-state index contributed by atoms with van der Waals surface area (Å²) >= 11 is 0. The Morgan fingerprint density at radius 3 is 2.27 bits per heavy atom. The molecule has 1 aromatic rings. The van der Waals surface area contributed by atoms with Gasteiger partial charge in [-0.05, 0) is 71.9 Å². The number of ether oxygens (including phenoxy) is 4. The number of hydrogen-bond donors (Lipinski definition) is 1. The highest BCUT2D eigenvalue weighted by Crippen LogP contribution is 2.50. The van der Waals surface area contributed by atoms with E-state index in [1.807, 2.05) is 41.5 Å². The summed E-state index contributed by atoms with van der Waals surface area (Å²) in [6, 6.07) is 1.87. The number of methoxy groups -OCH3 is 1. The summed E-state index contributed by atoms with van der Waals surface area (Å²) in [4.78, 5) is 24.1. The molecule has 0 aromatic heterocycles. The first kappa shape index (κ1) is 22.2. The molecule has 1 heterocycles. The number of rotatable bonds is 3. The highest BCUT2D eigenvalue weighted by molar-refractivity contribution is 5.92. The van der Waals surface area contributed by atoms with Gasteiger partial charge in [-0.1, -0.05) is 0 Å². The van der Waals surface area contributed by atoms with Crippen LogP contribution in [-0.4, -0.2) is 36.6 Å². The van der Waals surface area contributed by atoms with Crippen LogP contribution in [0.2, 0.25) is 0 Å². The fraction of sp³-hybridized carbons (Fsp3) is 0.652. The van der Waals surface area contributed by atoms with Crippen molar-refractivity contribution in [2.24, 2.45) is 5.92 Å². The van der Waals surface area contributed by atoms with E-state index in [-0.39, 0.29) is 24.0 Å². The number of nitrogens with one attached hydrogen (secondary N) is 1. The molecule has 1 aliphatic heterocycles. The highest BCUT2D eigenvalue weighted by Gasteiger charge is 2.47. The molecule has 1 aromatic carbocycles. The SMILES string of the molecule is COC(=O)c1cc(C)c2c(c1C)OC(C)(C1CCC(NC(=O)OC(C)(C)C)CC1)O2. The van der Waals surface area contributed by atoms with Crippen molar-refractivity contribution >= 4 is 12.1 Å². The zero-order valence-electron chi connectivity index (χ0n) is 19.0. The Hall–Kier alpha value is -2.44. The summed E-state index contributed by atoms with van der Waals surface area (Å²) < 4.78 is 22.9. The maximum Gasteiger partial charge on any atom is 0.407 e. The molecule has 30 heavy (non-hydrogen) atoms. The zero-order chi connectivity index (χ0) is 22.3. The van der Waals surface area contributed by atoms with Crippen molar-refractivity contribution < 1.29 is 28.5 Å². The Morgan fingerprint density at radius 2 is 1.70 bits per heavy atom. The Kier molecular flexibility index (Phi) is 5.94. The van der Waals surface area contributed by atoms with Crippen molar-refractivity contribution in [3.8, 4) is 11.5 Å². The molecule has 1 fully saturated rings. The summed E-state index contributed by atoms with van der Waals surface area (Å²) in [6.07, 6.45) is 2.99. The third-order valence-electron chi connectivity index (χ3n) is 5.87. The van der Waals surface area contributed by atoms with Crippen LogP contribution in [0, 0.1) is 19.8 Å². The Balaban J connectivity index is 1.67. The molecule has 1 unspecified atom stereocenters. The highest BCUT2D eigenvalue weighted by atomic mass is 16.7. The largest absolute Gasteiger partial charge is 0.465 e. The van der Waals surface area contributed by atoms with Crippen LogP contribution >= 0.6 is 0 Å². The molecular formula is C23H33NO6. The Bertz CT molecular complexity index is 835. The maximum absolute atomic E-state index is 12.1. The molecule has 0 saturated heterocycles. The minimum Gasteiger partial charge on any atom is -0.465 e. The predicted molar refractivity (Wildman–Crippen MR) is 112 cm³/mol. The number of amides is 1. The van der Waals surface area contributed by atoms with Crippen molar-refractivity contribution in [1.82, 2.24) is 5.32 Å². The fourth-order valence-corrected chi connectivity index (χ4v) is 4.26. The monoisotopic (exact) mass is 419 g/mol. The van der Waals surface area contributed by atoms with Gasteiger partial charge in [0.15, 0.2) is 11.5 Å². The first-order chi connectivity index (χ1) is 13.9. The van der Waals surface area contributed by atoms with Crippen LogP contribution in [0.3, 0.4) is 0 Å². The van der Waals surface area contributed by atoms with Crippen LogP contribution < -0.4 is 14.8 Å². The van der Waals surface area contributed by atoms with Gasteiger partial charge in [0.25, 0.3) is 5.79 Å². The lowest BCUT2D eigenvalue weighted by Gasteiger charge is -2.37. The normalized spacial score (nSPS) is 25.6. The van der Waals surface area contributed by atoms with Gasteiger partial charge in [0.1, 0.15) is 5.60 Å². The molecule has 3 rings (SSSR count). The van der Waals surface area contributed by atoms with Gasteiger partial charge in [0.2, 0.25) is 0 Å². The number of esters is 1. The molecule has 1 aliphatic carbocycles. The molecule has 1 N–H and O–H groups in total. The second kappa shape index (κ2) is 8.00. The minimum atomic E-state index is -0.802. The standard InChI is InChI=1S/C23H33NO6/c1-13-12-17(20(25)27-7)14(2)19-18(13)28-23(6,29-19)15-8-10-16(11-9-15)24-21(26)30-22(3,4)5/h12,15-16H,8-11H2,1-7H3,(H,24,26). The fourth-order valence-electron chi connectivity index (χ4n) is 4.26. The molecule has 0 spiro atoms. The Morgan fingerprint density at radius 1 is 1.10 bits per heavy atom. The van der Waals surface area contributed by atoms with E-state index in [2.05, 4.69) is 5.32 Å². The lowest BCUT2D eigenvalue weighted by Crippen LogP contribution is -2.48. The molecular weight excluding hydrogens is 386 g/mol.